The highest BCUT2D eigenvalue weighted by atomic mass is 16.5. The Kier molecular flexibility index (Phi) is 5.23. The highest BCUT2D eigenvalue weighted by Gasteiger charge is 2.10. The first-order valence-corrected chi connectivity index (χ1v) is 8.14. The minimum absolute atomic E-state index is 0.0333. The summed E-state index contributed by atoms with van der Waals surface area (Å²) in [5, 5.41) is 3.58. The number of nitrogens with one attached hydrogen (secondary N) is 1. The van der Waals surface area contributed by atoms with Gasteiger partial charge in [0.15, 0.2) is 0 Å². The van der Waals surface area contributed by atoms with Crippen molar-refractivity contribution in [3.8, 4) is 11.1 Å². The average molecular weight is 362 g/mol. The molecule has 0 aliphatic rings. The highest BCUT2D eigenvalue weighted by molar-refractivity contribution is 6.00. The van der Waals surface area contributed by atoms with E-state index in [-0.39, 0.29) is 11.7 Å². The van der Waals surface area contributed by atoms with E-state index < -0.39 is 5.91 Å². The van der Waals surface area contributed by atoms with Crippen LogP contribution in [0, 0.1) is 0 Å². The van der Waals surface area contributed by atoms with Gasteiger partial charge in [0, 0.05) is 29.9 Å². The molecule has 27 heavy (non-hydrogen) atoms. The average Bonchev–Trinajstić information content (AvgIpc) is 2.68. The Hall–Kier alpha value is -3.58. The van der Waals surface area contributed by atoms with E-state index in [9.17, 15) is 9.59 Å². The van der Waals surface area contributed by atoms with Crippen LogP contribution in [0.25, 0.3) is 22.0 Å². The predicted octanol–water partition coefficient (Wildman–Crippen LogP) is 2.67. The molecule has 0 atom stereocenters. The molecule has 0 aliphatic carbocycles. The maximum absolute atomic E-state index is 11.7. The fourth-order valence-corrected chi connectivity index (χ4v) is 2.66. The van der Waals surface area contributed by atoms with E-state index in [1.807, 2.05) is 36.4 Å². The molecular weight excluding hydrogens is 344 g/mol. The fourth-order valence-electron chi connectivity index (χ4n) is 2.66. The highest BCUT2D eigenvalue weighted by Crippen LogP contribution is 2.28. The molecule has 3 aromatic rings. The maximum Gasteiger partial charge on any atom is 0.286 e. The third-order valence-corrected chi connectivity index (χ3v) is 3.99. The number of carbonyl (C=O) groups excluding carboxylic acids is 2. The van der Waals surface area contributed by atoms with Crippen LogP contribution >= 0.6 is 0 Å². The van der Waals surface area contributed by atoms with E-state index in [0.717, 1.165) is 22.1 Å². The first-order valence-electron chi connectivity index (χ1n) is 8.14. The number of fused-ring (bicyclic) bond motifs is 1. The number of hydrogen-bond donors (Lipinski definition) is 2. The third-order valence-electron chi connectivity index (χ3n) is 3.99. The van der Waals surface area contributed by atoms with Crippen LogP contribution in [0.5, 0.6) is 0 Å². The molecule has 0 saturated carbocycles. The van der Waals surface area contributed by atoms with Crippen LogP contribution in [0.1, 0.15) is 16.2 Å². The molecule has 7 nitrogen and oxygen atoms in total. The number of amides is 2. The molecule has 2 aromatic carbocycles. The van der Waals surface area contributed by atoms with Gasteiger partial charge in [0.05, 0.1) is 12.1 Å². The molecule has 3 N–H and O–H groups in total. The van der Waals surface area contributed by atoms with Gasteiger partial charge in [0.1, 0.15) is 0 Å². The molecular formula is C20H18N4O3. The molecule has 2 amide bonds. The largest absolute Gasteiger partial charge is 0.380 e. The Morgan fingerprint density at radius 3 is 2.67 bits per heavy atom. The Balaban J connectivity index is 2.06. The van der Waals surface area contributed by atoms with Crippen molar-refractivity contribution in [2.24, 2.45) is 5.73 Å². The van der Waals surface area contributed by atoms with Crippen molar-refractivity contribution >= 4 is 28.4 Å². The van der Waals surface area contributed by atoms with Gasteiger partial charge < -0.3 is 15.8 Å². The Labute approximate surface area is 155 Å². The van der Waals surface area contributed by atoms with E-state index in [0.29, 0.717) is 17.8 Å². The van der Waals surface area contributed by atoms with Gasteiger partial charge in [-0.3, -0.25) is 9.59 Å². The number of benzene rings is 2. The molecule has 0 radical (unpaired) electrons. The van der Waals surface area contributed by atoms with Gasteiger partial charge in [-0.05, 0) is 29.3 Å². The lowest BCUT2D eigenvalue weighted by atomic mass is 10.0. The van der Waals surface area contributed by atoms with Crippen molar-refractivity contribution in [3.63, 3.8) is 0 Å². The molecule has 0 fully saturated rings. The van der Waals surface area contributed by atoms with E-state index in [2.05, 4.69) is 21.9 Å². The molecule has 1 heterocycles. The topological polar surface area (TPSA) is 107 Å². The summed E-state index contributed by atoms with van der Waals surface area (Å²) in [6.45, 7) is 3.84. The Morgan fingerprint density at radius 2 is 1.96 bits per heavy atom. The predicted molar refractivity (Wildman–Crippen MR) is 103 cm³/mol. The first kappa shape index (κ1) is 18.2. The molecule has 0 unspecified atom stereocenters. The van der Waals surface area contributed by atoms with E-state index in [4.69, 9.17) is 10.5 Å². The molecule has 3 rings (SSSR count). The summed E-state index contributed by atoms with van der Waals surface area (Å²) in [4.78, 5) is 31.2. The van der Waals surface area contributed by atoms with Crippen molar-refractivity contribution in [2.75, 3.05) is 12.4 Å². The van der Waals surface area contributed by atoms with E-state index >= 15 is 0 Å². The van der Waals surface area contributed by atoms with Crippen LogP contribution < -0.4 is 11.1 Å². The second-order valence-electron chi connectivity index (χ2n) is 5.83. The SMILES string of the molecule is C=CC(=O)Nc1cc(-c2ccc3cnc(C(N)=O)nc3c2)ccc1COC. The van der Waals surface area contributed by atoms with E-state index in [1.165, 1.54) is 6.08 Å². The maximum atomic E-state index is 11.7. The summed E-state index contributed by atoms with van der Waals surface area (Å²) in [5.41, 5.74) is 9.08. The zero-order valence-corrected chi connectivity index (χ0v) is 14.7. The van der Waals surface area contributed by atoms with Gasteiger partial charge in [-0.15, -0.1) is 0 Å². The van der Waals surface area contributed by atoms with Gasteiger partial charge in [0.25, 0.3) is 5.91 Å². The van der Waals surface area contributed by atoms with Crippen LogP contribution in [-0.4, -0.2) is 28.9 Å². The van der Waals surface area contributed by atoms with Crippen LogP contribution in [0.15, 0.2) is 55.3 Å². The number of aromatic nitrogens is 2. The summed E-state index contributed by atoms with van der Waals surface area (Å²) in [5.74, 6) is -1.02. The second-order valence-corrected chi connectivity index (χ2v) is 5.83. The second kappa shape index (κ2) is 7.76. The van der Waals surface area contributed by atoms with Gasteiger partial charge in [0.2, 0.25) is 11.7 Å². The molecule has 0 aliphatic heterocycles. The number of nitrogens with zero attached hydrogens (tertiary/aromatic N) is 2. The van der Waals surface area contributed by atoms with Crippen LogP contribution in [0.4, 0.5) is 5.69 Å². The number of methoxy groups -OCH3 is 1. The quantitative estimate of drug-likeness (QED) is 0.656. The molecule has 0 spiro atoms. The monoisotopic (exact) mass is 362 g/mol. The molecule has 136 valence electrons. The summed E-state index contributed by atoms with van der Waals surface area (Å²) in [6, 6.07) is 11.3. The minimum atomic E-state index is -0.680. The van der Waals surface area contributed by atoms with E-state index in [1.54, 1.807) is 13.3 Å². The Morgan fingerprint density at radius 1 is 1.22 bits per heavy atom. The molecule has 7 heteroatoms. The van der Waals surface area contributed by atoms with Crippen molar-refractivity contribution in [1.29, 1.82) is 0 Å². The summed E-state index contributed by atoms with van der Waals surface area (Å²) in [7, 11) is 1.59. The van der Waals surface area contributed by atoms with Crippen molar-refractivity contribution in [3.05, 3.63) is 66.6 Å². The number of nitrogens with two attached hydrogens (primary N) is 1. The lowest BCUT2D eigenvalue weighted by Crippen LogP contribution is -2.14. The first-order chi connectivity index (χ1) is 13.0. The van der Waals surface area contributed by atoms with Crippen LogP contribution in [0.2, 0.25) is 0 Å². The number of rotatable bonds is 6. The zero-order valence-electron chi connectivity index (χ0n) is 14.7. The lowest BCUT2D eigenvalue weighted by molar-refractivity contribution is -0.111. The fraction of sp³-hybridized carbons (Fsp3) is 0.100. The number of anilines is 1. The van der Waals surface area contributed by atoms with Gasteiger partial charge in [-0.25, -0.2) is 9.97 Å². The van der Waals surface area contributed by atoms with Crippen LogP contribution in [-0.2, 0) is 16.1 Å². The standard InChI is InChI=1S/C20H18N4O3/c1-3-18(25)23-17-9-13(5-7-15(17)11-27-2)12-4-6-14-10-22-20(19(21)26)24-16(14)8-12/h3-10H,1,11H2,2H3,(H2,21,26)(H,23,25). The van der Waals surface area contributed by atoms with Gasteiger partial charge in [-0.1, -0.05) is 30.8 Å². The van der Waals surface area contributed by atoms with Gasteiger partial charge >= 0.3 is 0 Å². The zero-order chi connectivity index (χ0) is 19.4. The molecule has 1 aromatic heterocycles. The Bertz CT molecular complexity index is 1050. The number of primary amides is 1. The van der Waals surface area contributed by atoms with Crippen molar-refractivity contribution < 1.29 is 14.3 Å². The number of ether oxygens (including phenoxy) is 1. The lowest BCUT2D eigenvalue weighted by Gasteiger charge is -2.12. The minimum Gasteiger partial charge on any atom is -0.380 e. The van der Waals surface area contributed by atoms with Crippen molar-refractivity contribution in [1.82, 2.24) is 9.97 Å². The van der Waals surface area contributed by atoms with Crippen LogP contribution in [0.3, 0.4) is 0 Å². The number of hydrogen-bond acceptors (Lipinski definition) is 5. The summed E-state index contributed by atoms with van der Waals surface area (Å²) in [6.07, 6.45) is 2.77. The van der Waals surface area contributed by atoms with Crippen molar-refractivity contribution in [2.45, 2.75) is 6.61 Å². The summed E-state index contributed by atoms with van der Waals surface area (Å²) < 4.78 is 5.18. The summed E-state index contributed by atoms with van der Waals surface area (Å²) >= 11 is 0. The third kappa shape index (κ3) is 3.99. The molecule has 0 bridgehead atoms. The smallest absolute Gasteiger partial charge is 0.286 e. The van der Waals surface area contributed by atoms with Gasteiger partial charge in [-0.2, -0.15) is 0 Å². The normalized spacial score (nSPS) is 10.6. The molecule has 0 saturated heterocycles. The number of carbonyl (C=O) groups is 2.